The molecule has 9 heteroatoms. The van der Waals surface area contributed by atoms with Crippen LogP contribution in [0.15, 0.2) is 36.8 Å². The molecular weight excluding hydrogens is 332 g/mol. The van der Waals surface area contributed by atoms with Crippen molar-refractivity contribution in [2.75, 3.05) is 13.7 Å². The van der Waals surface area contributed by atoms with Crippen LogP contribution in [0.1, 0.15) is 11.5 Å². The highest BCUT2D eigenvalue weighted by atomic mass is 16.5. The van der Waals surface area contributed by atoms with E-state index in [4.69, 9.17) is 4.74 Å². The number of aryl methyl sites for hydroxylation is 1. The molecule has 4 heterocycles. The predicted molar refractivity (Wildman–Crippen MR) is 93.2 cm³/mol. The first kappa shape index (κ1) is 16.2. The van der Waals surface area contributed by atoms with E-state index < -0.39 is 0 Å². The minimum atomic E-state index is 0.429. The average Bonchev–Trinajstić information content (AvgIpc) is 3.13. The fourth-order valence-corrected chi connectivity index (χ4v) is 2.56. The van der Waals surface area contributed by atoms with Gasteiger partial charge in [0.25, 0.3) is 5.78 Å². The SMILES string of the molecule is COCCc1nccc(-c2nnc3nc(-c4cccnc4)nn3c2C)n1. The molecule has 0 aromatic carbocycles. The molecule has 9 nitrogen and oxygen atoms in total. The van der Waals surface area contributed by atoms with Crippen molar-refractivity contribution in [3.05, 3.63) is 48.3 Å². The molecule has 0 atom stereocenters. The first-order valence-corrected chi connectivity index (χ1v) is 8.08. The van der Waals surface area contributed by atoms with Gasteiger partial charge in [-0.3, -0.25) is 4.98 Å². The highest BCUT2D eigenvalue weighted by Crippen LogP contribution is 2.20. The molecule has 0 amide bonds. The van der Waals surface area contributed by atoms with Crippen LogP contribution in [0.3, 0.4) is 0 Å². The summed E-state index contributed by atoms with van der Waals surface area (Å²) in [5.41, 5.74) is 2.95. The second-order valence-corrected chi connectivity index (χ2v) is 5.62. The molecule has 4 aromatic rings. The molecule has 0 saturated heterocycles. The second kappa shape index (κ2) is 6.89. The van der Waals surface area contributed by atoms with Crippen molar-refractivity contribution in [2.24, 2.45) is 0 Å². The van der Waals surface area contributed by atoms with Crippen LogP contribution in [0, 0.1) is 6.92 Å². The standard InChI is InChI=1S/C17H16N8O/c1-11-15(13-5-8-19-14(20-13)6-9-26-2)22-23-17-21-16(24-25(11)17)12-4-3-7-18-10-12/h3-5,7-8,10H,6,9H2,1-2H3. The molecule has 130 valence electrons. The van der Waals surface area contributed by atoms with Crippen LogP contribution in [0.25, 0.3) is 28.6 Å². The smallest absolute Gasteiger partial charge is 0.272 e. The number of pyridine rings is 1. The molecule has 0 bridgehead atoms. The van der Waals surface area contributed by atoms with Crippen molar-refractivity contribution in [2.45, 2.75) is 13.3 Å². The zero-order valence-electron chi connectivity index (χ0n) is 14.4. The third kappa shape index (κ3) is 3.00. The average molecular weight is 348 g/mol. The number of aromatic nitrogens is 8. The van der Waals surface area contributed by atoms with Crippen molar-refractivity contribution in [1.29, 1.82) is 0 Å². The third-order valence-corrected chi connectivity index (χ3v) is 3.89. The van der Waals surface area contributed by atoms with Crippen molar-refractivity contribution in [3.8, 4) is 22.8 Å². The van der Waals surface area contributed by atoms with Crippen LogP contribution in [0.5, 0.6) is 0 Å². The molecule has 0 radical (unpaired) electrons. The van der Waals surface area contributed by atoms with Gasteiger partial charge in [-0.2, -0.15) is 9.50 Å². The molecule has 0 unspecified atom stereocenters. The predicted octanol–water partition coefficient (Wildman–Crippen LogP) is 1.54. The lowest BCUT2D eigenvalue weighted by Crippen LogP contribution is -2.06. The number of ether oxygens (including phenoxy) is 1. The molecule has 0 saturated carbocycles. The Labute approximate surface area is 149 Å². The van der Waals surface area contributed by atoms with Crippen LogP contribution in [0.4, 0.5) is 0 Å². The number of hydrogen-bond donors (Lipinski definition) is 0. The van der Waals surface area contributed by atoms with E-state index in [-0.39, 0.29) is 0 Å². The summed E-state index contributed by atoms with van der Waals surface area (Å²) in [5.74, 6) is 1.68. The third-order valence-electron chi connectivity index (χ3n) is 3.89. The minimum Gasteiger partial charge on any atom is -0.384 e. The van der Waals surface area contributed by atoms with Gasteiger partial charge in [-0.05, 0) is 25.1 Å². The maximum absolute atomic E-state index is 5.08. The zero-order valence-corrected chi connectivity index (χ0v) is 14.4. The van der Waals surface area contributed by atoms with Crippen LogP contribution in [-0.2, 0) is 11.2 Å². The Morgan fingerprint density at radius 2 is 2.04 bits per heavy atom. The van der Waals surface area contributed by atoms with Gasteiger partial charge in [-0.1, -0.05) is 0 Å². The lowest BCUT2D eigenvalue weighted by molar-refractivity contribution is 0.200. The molecule has 0 fully saturated rings. The second-order valence-electron chi connectivity index (χ2n) is 5.62. The molecule has 0 aliphatic rings. The molecule has 26 heavy (non-hydrogen) atoms. The van der Waals surface area contributed by atoms with E-state index in [2.05, 4.69) is 35.2 Å². The molecule has 4 rings (SSSR count). The Bertz CT molecular complexity index is 1050. The summed E-state index contributed by atoms with van der Waals surface area (Å²) in [4.78, 5) is 17.3. The van der Waals surface area contributed by atoms with Gasteiger partial charge >= 0.3 is 0 Å². The summed E-state index contributed by atoms with van der Waals surface area (Å²) in [6.45, 7) is 2.47. The fraction of sp³-hybridized carbons (Fsp3) is 0.235. The van der Waals surface area contributed by atoms with Gasteiger partial charge in [0.05, 0.1) is 18.0 Å². The van der Waals surface area contributed by atoms with Gasteiger partial charge in [-0.15, -0.1) is 15.3 Å². The highest BCUT2D eigenvalue weighted by molar-refractivity contribution is 5.59. The largest absolute Gasteiger partial charge is 0.384 e. The van der Waals surface area contributed by atoms with Crippen LogP contribution < -0.4 is 0 Å². The number of nitrogens with zero attached hydrogens (tertiary/aromatic N) is 8. The van der Waals surface area contributed by atoms with Crippen molar-refractivity contribution in [1.82, 2.24) is 39.7 Å². The molecule has 0 aliphatic carbocycles. The Hall–Kier alpha value is -3.33. The number of fused-ring (bicyclic) bond motifs is 1. The van der Waals surface area contributed by atoms with Gasteiger partial charge in [0.2, 0.25) is 0 Å². The van der Waals surface area contributed by atoms with E-state index in [0.717, 1.165) is 11.3 Å². The molecule has 0 N–H and O–H groups in total. The first-order chi connectivity index (χ1) is 12.8. The van der Waals surface area contributed by atoms with Gasteiger partial charge in [0.15, 0.2) is 5.82 Å². The fourth-order valence-electron chi connectivity index (χ4n) is 2.56. The summed E-state index contributed by atoms with van der Waals surface area (Å²) in [6.07, 6.45) is 5.76. The summed E-state index contributed by atoms with van der Waals surface area (Å²) >= 11 is 0. The van der Waals surface area contributed by atoms with E-state index in [0.29, 0.717) is 41.8 Å². The quantitative estimate of drug-likeness (QED) is 0.535. The van der Waals surface area contributed by atoms with E-state index in [1.807, 2.05) is 19.1 Å². The maximum atomic E-state index is 5.08. The molecule has 0 aliphatic heterocycles. The van der Waals surface area contributed by atoms with Gasteiger partial charge < -0.3 is 4.74 Å². The van der Waals surface area contributed by atoms with Gasteiger partial charge in [0, 0.05) is 37.7 Å². The Balaban J connectivity index is 1.76. The Morgan fingerprint density at radius 3 is 2.85 bits per heavy atom. The van der Waals surface area contributed by atoms with E-state index >= 15 is 0 Å². The van der Waals surface area contributed by atoms with Gasteiger partial charge in [-0.25, -0.2) is 9.97 Å². The van der Waals surface area contributed by atoms with E-state index in [9.17, 15) is 0 Å². The monoisotopic (exact) mass is 348 g/mol. The zero-order chi connectivity index (χ0) is 17.9. The number of methoxy groups -OCH3 is 1. The highest BCUT2D eigenvalue weighted by Gasteiger charge is 2.15. The molecule has 4 aromatic heterocycles. The molecule has 0 spiro atoms. The first-order valence-electron chi connectivity index (χ1n) is 8.08. The summed E-state index contributed by atoms with van der Waals surface area (Å²) in [7, 11) is 1.65. The van der Waals surface area contributed by atoms with E-state index in [1.54, 1.807) is 36.3 Å². The Kier molecular flexibility index (Phi) is 4.28. The summed E-state index contributed by atoms with van der Waals surface area (Å²) in [5, 5.41) is 13.0. The number of rotatable bonds is 5. The van der Waals surface area contributed by atoms with Crippen LogP contribution in [0.2, 0.25) is 0 Å². The summed E-state index contributed by atoms with van der Waals surface area (Å²) in [6, 6.07) is 5.55. The normalized spacial score (nSPS) is 11.2. The Morgan fingerprint density at radius 1 is 1.12 bits per heavy atom. The van der Waals surface area contributed by atoms with E-state index in [1.165, 1.54) is 0 Å². The van der Waals surface area contributed by atoms with Crippen LogP contribution in [-0.4, -0.2) is 53.5 Å². The lowest BCUT2D eigenvalue weighted by Gasteiger charge is -2.06. The topological polar surface area (TPSA) is 104 Å². The lowest BCUT2D eigenvalue weighted by atomic mass is 10.2. The number of hydrogen-bond acceptors (Lipinski definition) is 8. The van der Waals surface area contributed by atoms with Gasteiger partial charge in [0.1, 0.15) is 11.5 Å². The maximum Gasteiger partial charge on any atom is 0.272 e. The van der Waals surface area contributed by atoms with Crippen molar-refractivity contribution in [3.63, 3.8) is 0 Å². The van der Waals surface area contributed by atoms with Crippen molar-refractivity contribution >= 4 is 5.78 Å². The molecular formula is C17H16N8O. The van der Waals surface area contributed by atoms with Crippen LogP contribution >= 0.6 is 0 Å². The minimum absolute atomic E-state index is 0.429. The summed E-state index contributed by atoms with van der Waals surface area (Å²) < 4.78 is 6.75. The van der Waals surface area contributed by atoms with Crippen molar-refractivity contribution < 1.29 is 4.74 Å².